The molecule has 0 spiro atoms. The molecule has 0 bridgehead atoms. The molecular formula is C14H19NO3. The van der Waals surface area contributed by atoms with E-state index in [9.17, 15) is 4.79 Å². The van der Waals surface area contributed by atoms with Crippen molar-refractivity contribution in [3.63, 3.8) is 0 Å². The van der Waals surface area contributed by atoms with Gasteiger partial charge in [0.2, 0.25) is 5.91 Å². The topological polar surface area (TPSA) is 58.6 Å². The van der Waals surface area contributed by atoms with Crippen LogP contribution in [0.15, 0.2) is 24.3 Å². The molecular weight excluding hydrogens is 230 g/mol. The fourth-order valence-corrected chi connectivity index (χ4v) is 2.05. The summed E-state index contributed by atoms with van der Waals surface area (Å²) >= 11 is 0. The third kappa shape index (κ3) is 3.74. The molecule has 0 aliphatic carbocycles. The molecule has 1 fully saturated rings. The summed E-state index contributed by atoms with van der Waals surface area (Å²) in [4.78, 5) is 11.8. The van der Waals surface area contributed by atoms with Crippen molar-refractivity contribution in [2.45, 2.75) is 31.8 Å². The standard InChI is InChI=1S/C14H19NO3/c16-12-6-4-11(5-7-12)8-9-15-14(17)13-3-1-2-10-18-13/h4-7,13,16H,1-3,8-10H2,(H,15,17). The molecule has 1 aliphatic heterocycles. The molecule has 1 saturated heterocycles. The number of phenols is 1. The molecule has 4 nitrogen and oxygen atoms in total. The third-order valence-corrected chi connectivity index (χ3v) is 3.12. The zero-order chi connectivity index (χ0) is 12.8. The zero-order valence-corrected chi connectivity index (χ0v) is 10.4. The van der Waals surface area contributed by atoms with Gasteiger partial charge in [-0.3, -0.25) is 4.79 Å². The number of carbonyl (C=O) groups excluding carboxylic acids is 1. The van der Waals surface area contributed by atoms with Crippen LogP contribution in [-0.4, -0.2) is 30.3 Å². The maximum Gasteiger partial charge on any atom is 0.249 e. The van der Waals surface area contributed by atoms with Crippen molar-refractivity contribution in [1.29, 1.82) is 0 Å². The predicted molar refractivity (Wildman–Crippen MR) is 68.4 cm³/mol. The highest BCUT2D eigenvalue weighted by Gasteiger charge is 2.21. The molecule has 0 aromatic heterocycles. The van der Waals surface area contributed by atoms with Crippen molar-refractivity contribution in [2.24, 2.45) is 0 Å². The lowest BCUT2D eigenvalue weighted by atomic mass is 10.1. The summed E-state index contributed by atoms with van der Waals surface area (Å²) in [6, 6.07) is 7.03. The molecule has 0 saturated carbocycles. The summed E-state index contributed by atoms with van der Waals surface area (Å²) in [6.07, 6.45) is 3.44. The number of ether oxygens (including phenoxy) is 1. The fraction of sp³-hybridized carbons (Fsp3) is 0.500. The average molecular weight is 249 g/mol. The smallest absolute Gasteiger partial charge is 0.249 e. The largest absolute Gasteiger partial charge is 0.508 e. The summed E-state index contributed by atoms with van der Waals surface area (Å²) in [7, 11) is 0. The van der Waals surface area contributed by atoms with Crippen molar-refractivity contribution in [3.8, 4) is 5.75 Å². The van der Waals surface area contributed by atoms with Gasteiger partial charge < -0.3 is 15.2 Å². The van der Waals surface area contributed by atoms with Crippen LogP contribution in [0.4, 0.5) is 0 Å². The van der Waals surface area contributed by atoms with Crippen LogP contribution in [0.25, 0.3) is 0 Å². The van der Waals surface area contributed by atoms with Gasteiger partial charge in [-0.2, -0.15) is 0 Å². The molecule has 1 aliphatic rings. The van der Waals surface area contributed by atoms with Crippen LogP contribution < -0.4 is 5.32 Å². The maximum absolute atomic E-state index is 11.8. The van der Waals surface area contributed by atoms with Crippen LogP contribution in [0.2, 0.25) is 0 Å². The maximum atomic E-state index is 11.8. The summed E-state index contributed by atoms with van der Waals surface area (Å²) < 4.78 is 5.41. The Morgan fingerprint density at radius 2 is 2.11 bits per heavy atom. The van der Waals surface area contributed by atoms with Gasteiger partial charge in [-0.1, -0.05) is 12.1 Å². The van der Waals surface area contributed by atoms with Gasteiger partial charge in [-0.15, -0.1) is 0 Å². The van der Waals surface area contributed by atoms with Crippen molar-refractivity contribution in [2.75, 3.05) is 13.2 Å². The minimum absolute atomic E-state index is 0.00604. The van der Waals surface area contributed by atoms with Crippen molar-refractivity contribution in [3.05, 3.63) is 29.8 Å². The Balaban J connectivity index is 1.71. The lowest BCUT2D eigenvalue weighted by Gasteiger charge is -2.21. The highest BCUT2D eigenvalue weighted by atomic mass is 16.5. The Labute approximate surface area is 107 Å². The summed E-state index contributed by atoms with van der Waals surface area (Å²) in [5.74, 6) is 0.256. The van der Waals surface area contributed by atoms with E-state index in [1.807, 2.05) is 12.1 Å². The van der Waals surface area contributed by atoms with Crippen molar-refractivity contribution >= 4 is 5.91 Å². The predicted octanol–water partition coefficient (Wildman–Crippen LogP) is 1.62. The lowest BCUT2D eigenvalue weighted by Crippen LogP contribution is -2.39. The molecule has 4 heteroatoms. The third-order valence-electron chi connectivity index (χ3n) is 3.12. The molecule has 0 radical (unpaired) electrons. The zero-order valence-electron chi connectivity index (χ0n) is 10.4. The Morgan fingerprint density at radius 1 is 1.33 bits per heavy atom. The van der Waals surface area contributed by atoms with Crippen molar-refractivity contribution in [1.82, 2.24) is 5.32 Å². The number of phenolic OH excluding ortho intramolecular Hbond substituents is 1. The Hall–Kier alpha value is -1.55. The minimum atomic E-state index is -0.265. The highest BCUT2D eigenvalue weighted by Crippen LogP contribution is 2.13. The second-order valence-corrected chi connectivity index (χ2v) is 4.56. The SMILES string of the molecule is O=C(NCCc1ccc(O)cc1)C1CCCCO1. The van der Waals surface area contributed by atoms with Gasteiger partial charge >= 0.3 is 0 Å². The van der Waals surface area contributed by atoms with Gasteiger partial charge in [0.25, 0.3) is 0 Å². The first-order chi connectivity index (χ1) is 8.75. The molecule has 18 heavy (non-hydrogen) atoms. The van der Waals surface area contributed by atoms with Crippen LogP contribution >= 0.6 is 0 Å². The van der Waals surface area contributed by atoms with E-state index in [1.54, 1.807) is 12.1 Å². The number of aromatic hydroxyl groups is 1. The first-order valence-corrected chi connectivity index (χ1v) is 6.43. The molecule has 2 N–H and O–H groups in total. The quantitative estimate of drug-likeness (QED) is 0.852. The molecule has 1 amide bonds. The molecule has 1 aromatic carbocycles. The first-order valence-electron chi connectivity index (χ1n) is 6.43. The minimum Gasteiger partial charge on any atom is -0.508 e. The number of hydrogen-bond donors (Lipinski definition) is 2. The molecule has 1 aromatic rings. The Kier molecular flexibility index (Phi) is 4.59. The van der Waals surface area contributed by atoms with E-state index in [-0.39, 0.29) is 17.8 Å². The van der Waals surface area contributed by atoms with Gasteiger partial charge in [-0.05, 0) is 43.4 Å². The Bertz CT molecular complexity index is 383. The van der Waals surface area contributed by atoms with Gasteiger partial charge in [0.05, 0.1) is 0 Å². The fourth-order valence-electron chi connectivity index (χ4n) is 2.05. The molecule has 1 atom stereocenters. The van der Waals surface area contributed by atoms with Crippen molar-refractivity contribution < 1.29 is 14.6 Å². The van der Waals surface area contributed by atoms with Gasteiger partial charge in [0, 0.05) is 13.2 Å². The molecule has 98 valence electrons. The summed E-state index contributed by atoms with van der Waals surface area (Å²) in [6.45, 7) is 1.29. The molecule has 1 unspecified atom stereocenters. The van der Waals surface area contributed by atoms with E-state index in [1.165, 1.54) is 0 Å². The van der Waals surface area contributed by atoms with Gasteiger partial charge in [0.1, 0.15) is 11.9 Å². The number of amides is 1. The normalized spacial score (nSPS) is 19.4. The highest BCUT2D eigenvalue weighted by molar-refractivity contribution is 5.80. The molecule has 2 rings (SSSR count). The second kappa shape index (κ2) is 6.40. The second-order valence-electron chi connectivity index (χ2n) is 4.56. The molecule has 1 heterocycles. The van der Waals surface area contributed by atoms with E-state index in [4.69, 9.17) is 9.84 Å². The van der Waals surface area contributed by atoms with Crippen LogP contribution in [0.1, 0.15) is 24.8 Å². The van der Waals surface area contributed by atoms with Crippen LogP contribution in [0.3, 0.4) is 0 Å². The van der Waals surface area contributed by atoms with Crippen LogP contribution in [0, 0.1) is 0 Å². The number of benzene rings is 1. The van der Waals surface area contributed by atoms with E-state index in [0.29, 0.717) is 13.2 Å². The van der Waals surface area contributed by atoms with Crippen LogP contribution in [0.5, 0.6) is 5.75 Å². The number of rotatable bonds is 4. The van der Waals surface area contributed by atoms with E-state index >= 15 is 0 Å². The summed E-state index contributed by atoms with van der Waals surface area (Å²) in [5.41, 5.74) is 1.10. The van der Waals surface area contributed by atoms with E-state index < -0.39 is 0 Å². The lowest BCUT2D eigenvalue weighted by molar-refractivity contribution is -0.135. The number of carbonyl (C=O) groups is 1. The monoisotopic (exact) mass is 249 g/mol. The van der Waals surface area contributed by atoms with Gasteiger partial charge in [0.15, 0.2) is 0 Å². The summed E-state index contributed by atoms with van der Waals surface area (Å²) in [5, 5.41) is 12.0. The number of nitrogens with one attached hydrogen (secondary N) is 1. The van der Waals surface area contributed by atoms with E-state index in [2.05, 4.69) is 5.32 Å². The van der Waals surface area contributed by atoms with Crippen LogP contribution in [-0.2, 0) is 16.0 Å². The van der Waals surface area contributed by atoms with Gasteiger partial charge in [-0.25, -0.2) is 0 Å². The van der Waals surface area contributed by atoms with E-state index in [0.717, 1.165) is 31.2 Å². The first kappa shape index (κ1) is 12.9. The number of hydrogen-bond acceptors (Lipinski definition) is 3. The average Bonchev–Trinajstić information content (AvgIpc) is 2.42. The Morgan fingerprint density at radius 3 is 2.78 bits per heavy atom.